The van der Waals surface area contributed by atoms with E-state index in [0.717, 1.165) is 25.3 Å². The van der Waals surface area contributed by atoms with Gasteiger partial charge in [-0.05, 0) is 50.3 Å². The van der Waals surface area contributed by atoms with Gasteiger partial charge in [0.05, 0.1) is 11.8 Å². The number of hydrogen-bond donors (Lipinski definition) is 1. The van der Waals surface area contributed by atoms with Gasteiger partial charge in [0.2, 0.25) is 0 Å². The predicted molar refractivity (Wildman–Crippen MR) is 72.2 cm³/mol. The Labute approximate surface area is 108 Å². The van der Waals surface area contributed by atoms with Crippen molar-refractivity contribution in [3.05, 3.63) is 29.6 Å². The van der Waals surface area contributed by atoms with E-state index in [-0.39, 0.29) is 5.82 Å². The van der Waals surface area contributed by atoms with Crippen LogP contribution in [0.1, 0.15) is 45.3 Å². The van der Waals surface area contributed by atoms with Crippen LogP contribution in [0.25, 0.3) is 0 Å². The third-order valence-electron chi connectivity index (χ3n) is 3.90. The van der Waals surface area contributed by atoms with Crippen molar-refractivity contribution in [3.63, 3.8) is 0 Å². The fourth-order valence-electron chi connectivity index (χ4n) is 2.78. The number of halogens is 1. The van der Waals surface area contributed by atoms with Crippen molar-refractivity contribution in [1.82, 2.24) is 0 Å². The number of aliphatic hydroxyl groups is 1. The van der Waals surface area contributed by atoms with E-state index in [0.29, 0.717) is 17.3 Å². The molecule has 0 radical (unpaired) electrons. The van der Waals surface area contributed by atoms with Gasteiger partial charge in [-0.25, -0.2) is 4.39 Å². The Balaban J connectivity index is 2.23. The molecule has 1 aromatic rings. The van der Waals surface area contributed by atoms with Gasteiger partial charge in [-0.3, -0.25) is 0 Å². The van der Waals surface area contributed by atoms with Crippen LogP contribution >= 0.6 is 0 Å². The summed E-state index contributed by atoms with van der Waals surface area (Å²) in [7, 11) is 0. The maximum Gasteiger partial charge on any atom is 0.146 e. The van der Waals surface area contributed by atoms with E-state index in [2.05, 4.69) is 18.7 Å². The fourth-order valence-corrected chi connectivity index (χ4v) is 2.78. The Morgan fingerprint density at radius 2 is 2.11 bits per heavy atom. The highest BCUT2D eigenvalue weighted by Crippen LogP contribution is 2.30. The van der Waals surface area contributed by atoms with Crippen LogP contribution in [0.5, 0.6) is 0 Å². The quantitative estimate of drug-likeness (QED) is 0.869. The van der Waals surface area contributed by atoms with E-state index in [1.807, 2.05) is 6.07 Å². The molecule has 0 aliphatic carbocycles. The molecule has 0 bridgehead atoms. The highest BCUT2D eigenvalue weighted by molar-refractivity contribution is 5.50. The molecule has 2 unspecified atom stereocenters. The second-order valence-electron chi connectivity index (χ2n) is 5.56. The van der Waals surface area contributed by atoms with Crippen molar-refractivity contribution in [3.8, 4) is 0 Å². The summed E-state index contributed by atoms with van der Waals surface area (Å²) in [4.78, 5) is 2.14. The van der Waals surface area contributed by atoms with Gasteiger partial charge in [0.15, 0.2) is 0 Å². The number of hydrogen-bond acceptors (Lipinski definition) is 2. The highest BCUT2D eigenvalue weighted by atomic mass is 19.1. The molecule has 1 saturated heterocycles. The van der Waals surface area contributed by atoms with E-state index in [9.17, 15) is 9.50 Å². The smallest absolute Gasteiger partial charge is 0.146 e. The van der Waals surface area contributed by atoms with Crippen LogP contribution in [-0.4, -0.2) is 17.7 Å². The van der Waals surface area contributed by atoms with Crippen LogP contribution in [0.4, 0.5) is 10.1 Å². The van der Waals surface area contributed by atoms with Crippen molar-refractivity contribution in [2.24, 2.45) is 5.92 Å². The van der Waals surface area contributed by atoms with E-state index in [4.69, 9.17) is 0 Å². The molecule has 2 nitrogen and oxygen atoms in total. The number of anilines is 1. The number of piperidine rings is 1. The summed E-state index contributed by atoms with van der Waals surface area (Å²) >= 11 is 0. The van der Waals surface area contributed by atoms with E-state index < -0.39 is 6.10 Å². The van der Waals surface area contributed by atoms with Crippen LogP contribution < -0.4 is 4.90 Å². The summed E-state index contributed by atoms with van der Waals surface area (Å²) < 4.78 is 14.1. The van der Waals surface area contributed by atoms with Crippen LogP contribution in [-0.2, 0) is 0 Å². The van der Waals surface area contributed by atoms with Gasteiger partial charge >= 0.3 is 0 Å². The summed E-state index contributed by atoms with van der Waals surface area (Å²) in [5, 5.41) is 9.46. The Bertz CT molecular complexity index is 419. The first-order valence-electron chi connectivity index (χ1n) is 6.73. The number of rotatable bonds is 2. The summed E-state index contributed by atoms with van der Waals surface area (Å²) in [6.45, 7) is 6.96. The lowest BCUT2D eigenvalue weighted by Crippen LogP contribution is -2.40. The lowest BCUT2D eigenvalue weighted by Gasteiger charge is -2.38. The Hall–Kier alpha value is -1.09. The first-order valence-corrected chi connectivity index (χ1v) is 6.73. The summed E-state index contributed by atoms with van der Waals surface area (Å²) in [6, 6.07) is 5.43. The minimum Gasteiger partial charge on any atom is -0.389 e. The normalized spacial score (nSPS) is 26.2. The molecular weight excluding hydrogens is 229 g/mol. The SMILES string of the molecule is CC1CCN(c2ccc([C@H](C)O)cc2F)C(C)C1. The topological polar surface area (TPSA) is 23.5 Å². The fraction of sp³-hybridized carbons (Fsp3) is 0.600. The van der Waals surface area contributed by atoms with Gasteiger partial charge in [-0.15, -0.1) is 0 Å². The largest absolute Gasteiger partial charge is 0.389 e. The zero-order valence-corrected chi connectivity index (χ0v) is 11.4. The highest BCUT2D eigenvalue weighted by Gasteiger charge is 2.25. The van der Waals surface area contributed by atoms with Gasteiger partial charge < -0.3 is 10.0 Å². The molecule has 3 heteroatoms. The van der Waals surface area contributed by atoms with Crippen LogP contribution in [0.15, 0.2) is 18.2 Å². The zero-order chi connectivity index (χ0) is 13.3. The monoisotopic (exact) mass is 251 g/mol. The molecule has 0 amide bonds. The molecular formula is C15H22FNO. The van der Waals surface area contributed by atoms with Crippen molar-refractivity contribution >= 4 is 5.69 Å². The molecule has 1 aromatic carbocycles. The first-order chi connectivity index (χ1) is 8.49. The molecule has 1 aliphatic rings. The minimum atomic E-state index is -0.618. The summed E-state index contributed by atoms with van der Waals surface area (Å²) in [5.74, 6) is 0.492. The second kappa shape index (κ2) is 5.27. The molecule has 3 atom stereocenters. The van der Waals surface area contributed by atoms with Gasteiger partial charge in [0.25, 0.3) is 0 Å². The molecule has 0 aromatic heterocycles. The first kappa shape index (κ1) is 13.3. The molecule has 1 aliphatic heterocycles. The number of nitrogens with zero attached hydrogens (tertiary/aromatic N) is 1. The maximum atomic E-state index is 14.1. The Morgan fingerprint density at radius 3 is 2.67 bits per heavy atom. The third kappa shape index (κ3) is 2.66. The van der Waals surface area contributed by atoms with Crippen LogP contribution in [0, 0.1) is 11.7 Å². The molecule has 0 spiro atoms. The average molecular weight is 251 g/mol. The molecule has 1 fully saturated rings. The molecule has 2 rings (SSSR count). The van der Waals surface area contributed by atoms with Crippen molar-refractivity contribution in [1.29, 1.82) is 0 Å². The van der Waals surface area contributed by atoms with Gasteiger partial charge in [-0.2, -0.15) is 0 Å². The second-order valence-corrected chi connectivity index (χ2v) is 5.56. The standard InChI is InChI=1S/C15H22FNO/c1-10-6-7-17(11(2)8-10)15-5-4-13(12(3)18)9-14(15)16/h4-5,9-12,18H,6-8H2,1-3H3/t10?,11?,12-/m0/s1. The van der Waals surface area contributed by atoms with Crippen molar-refractivity contribution in [2.75, 3.05) is 11.4 Å². The molecule has 1 N–H and O–H groups in total. The maximum absolute atomic E-state index is 14.1. The zero-order valence-electron chi connectivity index (χ0n) is 11.4. The van der Waals surface area contributed by atoms with E-state index in [1.54, 1.807) is 13.0 Å². The lowest BCUT2D eigenvalue weighted by molar-refractivity contribution is 0.199. The Morgan fingerprint density at radius 1 is 1.39 bits per heavy atom. The van der Waals surface area contributed by atoms with Gasteiger partial charge in [0.1, 0.15) is 5.82 Å². The molecule has 18 heavy (non-hydrogen) atoms. The van der Waals surface area contributed by atoms with Gasteiger partial charge in [-0.1, -0.05) is 13.0 Å². The predicted octanol–water partition coefficient (Wildman–Crippen LogP) is 3.50. The van der Waals surface area contributed by atoms with Crippen LogP contribution in [0.2, 0.25) is 0 Å². The van der Waals surface area contributed by atoms with E-state index >= 15 is 0 Å². The summed E-state index contributed by atoms with van der Waals surface area (Å²) in [5.41, 5.74) is 1.30. The minimum absolute atomic E-state index is 0.227. The number of aliphatic hydroxyl groups excluding tert-OH is 1. The average Bonchev–Trinajstić information content (AvgIpc) is 2.30. The summed E-state index contributed by atoms with van der Waals surface area (Å²) in [6.07, 6.45) is 1.60. The molecule has 0 saturated carbocycles. The van der Waals surface area contributed by atoms with Gasteiger partial charge in [0, 0.05) is 12.6 Å². The van der Waals surface area contributed by atoms with Crippen molar-refractivity contribution < 1.29 is 9.50 Å². The lowest BCUT2D eigenvalue weighted by atomic mass is 9.92. The van der Waals surface area contributed by atoms with Crippen LogP contribution in [0.3, 0.4) is 0 Å². The Kier molecular flexibility index (Phi) is 3.91. The van der Waals surface area contributed by atoms with E-state index in [1.165, 1.54) is 6.07 Å². The molecule has 1 heterocycles. The molecule has 100 valence electrons. The van der Waals surface area contributed by atoms with Crippen molar-refractivity contribution in [2.45, 2.75) is 45.8 Å². The third-order valence-corrected chi connectivity index (χ3v) is 3.90. The number of benzene rings is 1.